The van der Waals surface area contributed by atoms with Gasteiger partial charge in [-0.1, -0.05) is 63.4 Å². The van der Waals surface area contributed by atoms with Crippen molar-refractivity contribution in [1.29, 1.82) is 0 Å². The Kier molecular flexibility index (Phi) is 4.03. The fourth-order valence-corrected chi connectivity index (χ4v) is 3.07. The van der Waals surface area contributed by atoms with Gasteiger partial charge in [-0.05, 0) is 35.7 Å². The van der Waals surface area contributed by atoms with Gasteiger partial charge in [-0.25, -0.2) is 0 Å². The lowest BCUT2D eigenvalue weighted by Gasteiger charge is -2.09. The monoisotopic (exact) mass is 378 g/mol. The lowest BCUT2D eigenvalue weighted by atomic mass is 9.97. The van der Waals surface area contributed by atoms with Crippen molar-refractivity contribution in [2.45, 2.75) is 0 Å². The van der Waals surface area contributed by atoms with Gasteiger partial charge in [0.1, 0.15) is 0 Å². The maximum atomic E-state index is 12.8. The van der Waals surface area contributed by atoms with Gasteiger partial charge >= 0.3 is 0 Å². The highest BCUT2D eigenvalue weighted by atomic mass is 79.9. The van der Waals surface area contributed by atoms with Crippen molar-refractivity contribution in [3.63, 3.8) is 0 Å². The van der Waals surface area contributed by atoms with E-state index < -0.39 is 0 Å². The summed E-state index contributed by atoms with van der Waals surface area (Å²) in [6.07, 6.45) is 0. The van der Waals surface area contributed by atoms with Crippen molar-refractivity contribution in [1.82, 2.24) is 0 Å². The predicted molar refractivity (Wildman–Crippen MR) is 91.5 cm³/mol. The van der Waals surface area contributed by atoms with Crippen LogP contribution < -0.4 is 0 Å². The zero-order valence-corrected chi connectivity index (χ0v) is 13.8. The van der Waals surface area contributed by atoms with Crippen LogP contribution in [0.3, 0.4) is 0 Å². The summed E-state index contributed by atoms with van der Waals surface area (Å²) in [6, 6.07) is 16.3. The van der Waals surface area contributed by atoms with Crippen molar-refractivity contribution < 1.29 is 4.79 Å². The van der Waals surface area contributed by atoms with Crippen molar-refractivity contribution in [2.24, 2.45) is 0 Å². The molecule has 3 aromatic carbocycles. The number of benzene rings is 3. The van der Waals surface area contributed by atoms with Crippen molar-refractivity contribution >= 4 is 55.7 Å². The van der Waals surface area contributed by atoms with Crippen LogP contribution in [0.4, 0.5) is 0 Å². The fraction of sp³-hybridized carbons (Fsp3) is 0. The van der Waals surface area contributed by atoms with Gasteiger partial charge < -0.3 is 0 Å². The van der Waals surface area contributed by atoms with Crippen LogP contribution in [0.25, 0.3) is 10.8 Å². The van der Waals surface area contributed by atoms with Crippen LogP contribution in [-0.4, -0.2) is 5.78 Å². The van der Waals surface area contributed by atoms with Gasteiger partial charge in [-0.15, -0.1) is 0 Å². The molecule has 3 rings (SSSR count). The van der Waals surface area contributed by atoms with Gasteiger partial charge in [0.05, 0.1) is 5.02 Å². The smallest absolute Gasteiger partial charge is 0.195 e. The summed E-state index contributed by atoms with van der Waals surface area (Å²) in [6.45, 7) is 0. The van der Waals surface area contributed by atoms with Crippen LogP contribution in [0.15, 0.2) is 59.1 Å². The Morgan fingerprint density at radius 3 is 2.24 bits per heavy atom. The molecule has 3 aromatic rings. The number of carbonyl (C=O) groups excluding carboxylic acids is 1. The second-order valence-corrected chi connectivity index (χ2v) is 6.32. The minimum atomic E-state index is -0.117. The molecule has 0 N–H and O–H groups in total. The van der Waals surface area contributed by atoms with Gasteiger partial charge in [0.2, 0.25) is 0 Å². The molecular formula is C17H9BrCl2O. The molecule has 0 saturated heterocycles. The van der Waals surface area contributed by atoms with Gasteiger partial charge in [0.25, 0.3) is 0 Å². The number of ketones is 1. The van der Waals surface area contributed by atoms with E-state index in [0.29, 0.717) is 21.2 Å². The first-order valence-corrected chi connectivity index (χ1v) is 7.80. The molecule has 0 amide bonds. The highest BCUT2D eigenvalue weighted by molar-refractivity contribution is 9.10. The molecule has 0 aliphatic carbocycles. The zero-order valence-electron chi connectivity index (χ0n) is 10.7. The summed E-state index contributed by atoms with van der Waals surface area (Å²) in [7, 11) is 0. The summed E-state index contributed by atoms with van der Waals surface area (Å²) in [5.41, 5.74) is 1.06. The molecule has 0 atom stereocenters. The maximum Gasteiger partial charge on any atom is 0.195 e. The second kappa shape index (κ2) is 5.80. The van der Waals surface area contributed by atoms with E-state index in [-0.39, 0.29) is 5.78 Å². The van der Waals surface area contributed by atoms with E-state index in [0.717, 1.165) is 15.2 Å². The van der Waals surface area contributed by atoms with E-state index >= 15 is 0 Å². The number of rotatable bonds is 2. The summed E-state index contributed by atoms with van der Waals surface area (Å²) < 4.78 is 0.813. The Labute approximate surface area is 140 Å². The largest absolute Gasteiger partial charge is 0.289 e. The summed E-state index contributed by atoms with van der Waals surface area (Å²) >= 11 is 15.7. The quantitative estimate of drug-likeness (QED) is 0.488. The Morgan fingerprint density at radius 2 is 1.48 bits per heavy atom. The maximum absolute atomic E-state index is 12.8. The molecule has 104 valence electrons. The minimum absolute atomic E-state index is 0.117. The van der Waals surface area contributed by atoms with Crippen LogP contribution in [0.2, 0.25) is 10.0 Å². The molecule has 0 heterocycles. The molecule has 0 aliphatic rings. The van der Waals surface area contributed by atoms with Crippen LogP contribution >= 0.6 is 39.1 Å². The van der Waals surface area contributed by atoms with Gasteiger partial charge in [-0.2, -0.15) is 0 Å². The number of carbonyl (C=O) groups is 1. The number of fused-ring (bicyclic) bond motifs is 1. The lowest BCUT2D eigenvalue weighted by molar-refractivity contribution is 0.104. The zero-order chi connectivity index (χ0) is 15.0. The number of halogens is 3. The molecule has 0 unspecified atom stereocenters. The average molecular weight is 380 g/mol. The van der Waals surface area contributed by atoms with Crippen molar-refractivity contribution in [2.75, 3.05) is 0 Å². The Hall–Kier alpha value is -1.35. The van der Waals surface area contributed by atoms with Gasteiger partial charge in [0, 0.05) is 26.0 Å². The topological polar surface area (TPSA) is 17.1 Å². The van der Waals surface area contributed by atoms with Crippen LogP contribution in [0.1, 0.15) is 15.9 Å². The summed E-state index contributed by atoms with van der Waals surface area (Å²) in [5, 5.41) is 2.74. The normalized spacial score (nSPS) is 10.8. The Balaban J connectivity index is 2.23. The first kappa shape index (κ1) is 14.6. The first-order valence-electron chi connectivity index (χ1n) is 6.25. The highest BCUT2D eigenvalue weighted by Gasteiger charge is 2.16. The summed E-state index contributed by atoms with van der Waals surface area (Å²) in [5.74, 6) is -0.117. The average Bonchev–Trinajstić information content (AvgIpc) is 2.50. The first-order chi connectivity index (χ1) is 10.1. The Bertz CT molecular complexity index is 859. The molecular weight excluding hydrogens is 371 g/mol. The van der Waals surface area contributed by atoms with E-state index in [1.807, 2.05) is 24.3 Å². The predicted octanol–water partition coefficient (Wildman–Crippen LogP) is 6.14. The number of hydrogen-bond donors (Lipinski definition) is 0. The molecule has 0 aliphatic heterocycles. The number of hydrogen-bond acceptors (Lipinski definition) is 1. The molecule has 4 heteroatoms. The molecule has 0 fully saturated rings. The third-order valence-corrected chi connectivity index (χ3v) is 4.44. The van der Waals surface area contributed by atoms with Crippen molar-refractivity contribution in [3.05, 3.63) is 80.2 Å². The Morgan fingerprint density at radius 1 is 0.810 bits per heavy atom. The van der Waals surface area contributed by atoms with Crippen LogP contribution in [-0.2, 0) is 0 Å². The standard InChI is InChI=1S/C17H9BrCl2O/c18-10-5-7-16(20)14(9-10)17(21)13-6-8-15(19)12-4-2-1-3-11(12)13/h1-9H. The summed E-state index contributed by atoms with van der Waals surface area (Å²) in [4.78, 5) is 12.8. The molecule has 21 heavy (non-hydrogen) atoms. The van der Waals surface area contributed by atoms with Gasteiger partial charge in [0.15, 0.2) is 5.78 Å². The molecule has 0 spiro atoms. The van der Waals surface area contributed by atoms with E-state index in [9.17, 15) is 4.79 Å². The lowest BCUT2D eigenvalue weighted by Crippen LogP contribution is -2.03. The molecule has 1 nitrogen and oxygen atoms in total. The molecule has 0 aromatic heterocycles. The third kappa shape index (κ3) is 2.71. The van der Waals surface area contributed by atoms with Crippen molar-refractivity contribution in [3.8, 4) is 0 Å². The highest BCUT2D eigenvalue weighted by Crippen LogP contribution is 2.30. The van der Waals surface area contributed by atoms with E-state index in [2.05, 4.69) is 15.9 Å². The second-order valence-electron chi connectivity index (χ2n) is 4.59. The van der Waals surface area contributed by atoms with Crippen LogP contribution in [0.5, 0.6) is 0 Å². The third-order valence-electron chi connectivity index (χ3n) is 3.29. The fourth-order valence-electron chi connectivity index (χ4n) is 2.28. The van der Waals surface area contributed by atoms with E-state index in [4.69, 9.17) is 23.2 Å². The van der Waals surface area contributed by atoms with Gasteiger partial charge in [-0.3, -0.25) is 4.79 Å². The molecule has 0 saturated carbocycles. The van der Waals surface area contributed by atoms with E-state index in [1.165, 1.54) is 0 Å². The minimum Gasteiger partial charge on any atom is -0.289 e. The SMILES string of the molecule is O=C(c1cc(Br)ccc1Cl)c1ccc(Cl)c2ccccc12. The van der Waals surface area contributed by atoms with E-state index in [1.54, 1.807) is 30.3 Å². The molecule has 0 radical (unpaired) electrons. The molecule has 0 bridgehead atoms. The van der Waals surface area contributed by atoms with Crippen LogP contribution in [0, 0.1) is 0 Å².